The van der Waals surface area contributed by atoms with Gasteiger partial charge in [-0.05, 0) is 6.07 Å². The molecule has 0 unspecified atom stereocenters. The van der Waals surface area contributed by atoms with E-state index in [1.807, 2.05) is 30.4 Å². The van der Waals surface area contributed by atoms with Crippen LogP contribution >= 0.6 is 0 Å². The second-order valence-corrected chi connectivity index (χ2v) is 2.56. The van der Waals surface area contributed by atoms with Gasteiger partial charge in [0, 0.05) is 5.56 Å². The first-order valence-corrected chi connectivity index (χ1v) is 4.01. The van der Waals surface area contributed by atoms with E-state index in [9.17, 15) is 0 Å². The quantitative estimate of drug-likeness (QED) is 0.565. The van der Waals surface area contributed by atoms with Crippen LogP contribution in [0.1, 0.15) is 5.56 Å². The third kappa shape index (κ3) is 2.12. The average Bonchev–Trinajstić information content (AvgIpc) is 2.16. The van der Waals surface area contributed by atoms with Gasteiger partial charge in [0.05, 0.1) is 12.8 Å². The fourth-order valence-corrected chi connectivity index (χ4v) is 1.06. The van der Waals surface area contributed by atoms with Crippen molar-refractivity contribution in [1.82, 2.24) is 0 Å². The third-order valence-electron chi connectivity index (χ3n) is 1.73. The van der Waals surface area contributed by atoms with Crippen LogP contribution in [0.2, 0.25) is 0 Å². The number of rotatable bonds is 3. The van der Waals surface area contributed by atoms with E-state index in [0.29, 0.717) is 11.4 Å². The Kier molecular flexibility index (Phi) is 3.15. The molecule has 2 heteroatoms. The minimum absolute atomic E-state index is 0.656. The number of hydrogen-bond donors (Lipinski definition) is 1. The molecule has 0 radical (unpaired) electrons. The minimum Gasteiger partial charge on any atom is -0.495 e. The molecule has 1 aromatic carbocycles. The number of nitrogens with two attached hydrogens (primary N) is 1. The summed E-state index contributed by atoms with van der Waals surface area (Å²) in [4.78, 5) is 0. The summed E-state index contributed by atoms with van der Waals surface area (Å²) >= 11 is 0. The smallest absolute Gasteiger partial charge is 0.142 e. The highest BCUT2D eigenvalue weighted by atomic mass is 16.5. The van der Waals surface area contributed by atoms with Gasteiger partial charge in [0.25, 0.3) is 0 Å². The molecule has 0 saturated carbocycles. The lowest BCUT2D eigenvalue weighted by atomic mass is 10.1. The maximum Gasteiger partial charge on any atom is 0.142 e. The van der Waals surface area contributed by atoms with E-state index in [1.54, 1.807) is 13.2 Å². The van der Waals surface area contributed by atoms with E-state index in [-0.39, 0.29) is 0 Å². The Morgan fingerprint density at radius 2 is 2.23 bits per heavy atom. The van der Waals surface area contributed by atoms with Gasteiger partial charge in [-0.1, -0.05) is 36.9 Å². The summed E-state index contributed by atoms with van der Waals surface area (Å²) in [7, 11) is 1.60. The van der Waals surface area contributed by atoms with Gasteiger partial charge >= 0.3 is 0 Å². The number of anilines is 1. The first-order chi connectivity index (χ1) is 6.29. The topological polar surface area (TPSA) is 35.2 Å². The molecule has 13 heavy (non-hydrogen) atoms. The highest BCUT2D eigenvalue weighted by Crippen LogP contribution is 2.25. The maximum atomic E-state index is 5.82. The van der Waals surface area contributed by atoms with Gasteiger partial charge in [0.2, 0.25) is 0 Å². The van der Waals surface area contributed by atoms with Crippen LogP contribution in [0.4, 0.5) is 5.69 Å². The molecule has 0 saturated heterocycles. The van der Waals surface area contributed by atoms with Gasteiger partial charge in [-0.2, -0.15) is 0 Å². The zero-order valence-corrected chi connectivity index (χ0v) is 7.66. The first-order valence-electron chi connectivity index (χ1n) is 4.01. The molecule has 0 aliphatic carbocycles. The van der Waals surface area contributed by atoms with Crippen molar-refractivity contribution in [2.75, 3.05) is 12.8 Å². The van der Waals surface area contributed by atoms with Crippen molar-refractivity contribution in [2.45, 2.75) is 0 Å². The minimum atomic E-state index is 0.656. The second-order valence-electron chi connectivity index (χ2n) is 2.56. The Morgan fingerprint density at radius 3 is 2.85 bits per heavy atom. The summed E-state index contributed by atoms with van der Waals surface area (Å²) in [5.74, 6) is 0.700. The maximum absolute atomic E-state index is 5.82. The number of para-hydroxylation sites is 1. The van der Waals surface area contributed by atoms with Crippen molar-refractivity contribution in [3.63, 3.8) is 0 Å². The average molecular weight is 175 g/mol. The molecular formula is C11H13NO. The van der Waals surface area contributed by atoms with Crippen molar-refractivity contribution >= 4 is 11.8 Å². The van der Waals surface area contributed by atoms with Crippen LogP contribution < -0.4 is 10.5 Å². The molecule has 0 atom stereocenters. The van der Waals surface area contributed by atoms with Crippen LogP contribution in [-0.2, 0) is 0 Å². The number of ether oxygens (including phenoxy) is 1. The number of methoxy groups -OCH3 is 1. The number of benzene rings is 1. The summed E-state index contributed by atoms with van der Waals surface area (Å²) in [6.07, 6.45) is 5.44. The highest BCUT2D eigenvalue weighted by Gasteiger charge is 2.00. The van der Waals surface area contributed by atoms with E-state index < -0.39 is 0 Å². The van der Waals surface area contributed by atoms with Crippen molar-refractivity contribution in [1.29, 1.82) is 0 Å². The Labute approximate surface area is 78.3 Å². The van der Waals surface area contributed by atoms with Crippen molar-refractivity contribution in [3.8, 4) is 5.75 Å². The van der Waals surface area contributed by atoms with Crippen LogP contribution in [0, 0.1) is 0 Å². The van der Waals surface area contributed by atoms with Crippen molar-refractivity contribution < 1.29 is 4.74 Å². The van der Waals surface area contributed by atoms with Crippen LogP contribution in [0.15, 0.2) is 36.9 Å². The number of hydrogen-bond acceptors (Lipinski definition) is 2. The van der Waals surface area contributed by atoms with Gasteiger partial charge in [-0.15, -0.1) is 0 Å². The summed E-state index contributed by atoms with van der Waals surface area (Å²) < 4.78 is 5.08. The lowest BCUT2D eigenvalue weighted by Crippen LogP contribution is -1.94. The molecule has 0 aromatic heterocycles. The van der Waals surface area contributed by atoms with E-state index in [1.165, 1.54) is 0 Å². The zero-order chi connectivity index (χ0) is 9.68. The molecule has 68 valence electrons. The van der Waals surface area contributed by atoms with Gasteiger partial charge < -0.3 is 10.5 Å². The summed E-state index contributed by atoms with van der Waals surface area (Å²) in [5, 5.41) is 0. The van der Waals surface area contributed by atoms with Crippen LogP contribution in [0.25, 0.3) is 6.08 Å². The van der Waals surface area contributed by atoms with Gasteiger partial charge in [0.15, 0.2) is 0 Å². The van der Waals surface area contributed by atoms with E-state index in [2.05, 4.69) is 6.58 Å². The summed E-state index contributed by atoms with van der Waals surface area (Å²) in [6, 6.07) is 5.66. The monoisotopic (exact) mass is 175 g/mol. The van der Waals surface area contributed by atoms with Crippen LogP contribution in [0.5, 0.6) is 5.75 Å². The van der Waals surface area contributed by atoms with Crippen LogP contribution in [-0.4, -0.2) is 7.11 Å². The Bertz CT molecular complexity index is 329. The molecule has 0 fully saturated rings. The first kappa shape index (κ1) is 9.39. The molecule has 0 aliphatic heterocycles. The second kappa shape index (κ2) is 4.36. The Hall–Kier alpha value is -1.70. The standard InChI is InChI=1S/C11H13NO/c1-3-4-6-9-7-5-8-10(13-2)11(9)12/h3-8H,1,12H2,2H3/b6-4-. The Balaban J connectivity index is 3.07. The Morgan fingerprint density at radius 1 is 1.46 bits per heavy atom. The largest absolute Gasteiger partial charge is 0.495 e. The van der Waals surface area contributed by atoms with Crippen molar-refractivity contribution in [3.05, 3.63) is 42.5 Å². The lowest BCUT2D eigenvalue weighted by Gasteiger charge is -2.05. The molecule has 0 amide bonds. The highest BCUT2D eigenvalue weighted by molar-refractivity contribution is 5.70. The molecular weight excluding hydrogens is 162 g/mol. The van der Waals surface area contributed by atoms with E-state index >= 15 is 0 Å². The van der Waals surface area contributed by atoms with Gasteiger partial charge in [-0.25, -0.2) is 0 Å². The zero-order valence-electron chi connectivity index (χ0n) is 7.66. The molecule has 0 bridgehead atoms. The van der Waals surface area contributed by atoms with Gasteiger partial charge in [-0.3, -0.25) is 0 Å². The van der Waals surface area contributed by atoms with Crippen LogP contribution in [0.3, 0.4) is 0 Å². The predicted octanol–water partition coefficient (Wildman–Crippen LogP) is 2.48. The van der Waals surface area contributed by atoms with E-state index in [4.69, 9.17) is 10.5 Å². The number of nitrogen functional groups attached to an aromatic ring is 1. The number of allylic oxidation sites excluding steroid dienone is 2. The molecule has 0 heterocycles. The molecule has 2 N–H and O–H groups in total. The molecule has 1 aromatic rings. The normalized spacial score (nSPS) is 10.2. The third-order valence-corrected chi connectivity index (χ3v) is 1.73. The van der Waals surface area contributed by atoms with E-state index in [0.717, 1.165) is 5.56 Å². The fraction of sp³-hybridized carbons (Fsp3) is 0.0909. The fourth-order valence-electron chi connectivity index (χ4n) is 1.06. The SMILES string of the molecule is C=C/C=C\c1cccc(OC)c1N. The summed E-state index contributed by atoms with van der Waals surface area (Å²) in [6.45, 7) is 3.59. The van der Waals surface area contributed by atoms with Crippen molar-refractivity contribution in [2.24, 2.45) is 0 Å². The predicted molar refractivity (Wildman–Crippen MR) is 56.6 cm³/mol. The molecule has 0 spiro atoms. The molecule has 0 aliphatic rings. The molecule has 2 nitrogen and oxygen atoms in total. The molecule has 1 rings (SSSR count). The van der Waals surface area contributed by atoms with Gasteiger partial charge in [0.1, 0.15) is 5.75 Å². The lowest BCUT2D eigenvalue weighted by molar-refractivity contribution is 0.417. The summed E-state index contributed by atoms with van der Waals surface area (Å²) in [5.41, 5.74) is 7.42.